The number of rotatable bonds is 3. The summed E-state index contributed by atoms with van der Waals surface area (Å²) in [6.07, 6.45) is 0. The van der Waals surface area contributed by atoms with Crippen molar-refractivity contribution in [3.05, 3.63) is 23.3 Å². The zero-order chi connectivity index (χ0) is 15.8. The van der Waals surface area contributed by atoms with Crippen molar-refractivity contribution in [2.45, 2.75) is 38.2 Å². The molecule has 0 unspecified atom stereocenters. The lowest BCUT2D eigenvalue weighted by Gasteiger charge is -2.37. The molecule has 21 heavy (non-hydrogen) atoms. The Labute approximate surface area is 127 Å². The summed E-state index contributed by atoms with van der Waals surface area (Å²) in [5.41, 5.74) is 2.01. The van der Waals surface area contributed by atoms with Crippen molar-refractivity contribution in [3.63, 3.8) is 0 Å². The molecular formula is C15H24N2O3S. The number of nitrogens with one attached hydrogen (secondary N) is 1. The van der Waals surface area contributed by atoms with Crippen LogP contribution in [0.4, 0.5) is 5.69 Å². The normalized spacial score (nSPS) is 19.5. The largest absolute Gasteiger partial charge is 0.388 e. The van der Waals surface area contributed by atoms with Gasteiger partial charge in [0.15, 0.2) is 0 Å². The summed E-state index contributed by atoms with van der Waals surface area (Å²) in [6.45, 7) is 8.72. The van der Waals surface area contributed by atoms with Crippen LogP contribution in [0.5, 0.6) is 0 Å². The van der Waals surface area contributed by atoms with Crippen LogP contribution in [-0.2, 0) is 14.8 Å². The lowest BCUT2D eigenvalue weighted by Crippen LogP contribution is -2.50. The van der Waals surface area contributed by atoms with E-state index in [4.69, 9.17) is 4.74 Å². The number of anilines is 1. The van der Waals surface area contributed by atoms with E-state index in [2.05, 4.69) is 5.32 Å². The molecule has 1 aliphatic heterocycles. The highest BCUT2D eigenvalue weighted by molar-refractivity contribution is 7.89. The number of hydrogen-bond acceptors (Lipinski definition) is 4. The number of hydrogen-bond donors (Lipinski definition) is 1. The Morgan fingerprint density at radius 3 is 2.29 bits per heavy atom. The van der Waals surface area contributed by atoms with Gasteiger partial charge in [0.25, 0.3) is 0 Å². The first-order valence-electron chi connectivity index (χ1n) is 7.10. The van der Waals surface area contributed by atoms with Crippen LogP contribution in [0.25, 0.3) is 0 Å². The van der Waals surface area contributed by atoms with Gasteiger partial charge >= 0.3 is 0 Å². The van der Waals surface area contributed by atoms with Gasteiger partial charge in [0.2, 0.25) is 10.0 Å². The van der Waals surface area contributed by atoms with Crippen molar-refractivity contribution in [2.24, 2.45) is 0 Å². The summed E-state index contributed by atoms with van der Waals surface area (Å²) in [6, 6.07) is 3.73. The Kier molecular flexibility index (Phi) is 4.33. The standard InChI is InChI=1S/C15H24N2O3S/c1-11-8-13(16-5)9-12(2)14(11)21(18,19)17-6-7-20-15(3,4)10-17/h8-9,16H,6-7,10H2,1-5H3. The van der Waals surface area contributed by atoms with Crippen molar-refractivity contribution in [2.75, 3.05) is 32.1 Å². The highest BCUT2D eigenvalue weighted by Crippen LogP contribution is 2.29. The van der Waals surface area contributed by atoms with E-state index in [-0.39, 0.29) is 0 Å². The molecule has 0 aromatic heterocycles. The first-order chi connectivity index (χ1) is 9.67. The first-order valence-corrected chi connectivity index (χ1v) is 8.54. The predicted octanol–water partition coefficient (Wildman–Crippen LogP) is 2.14. The predicted molar refractivity (Wildman–Crippen MR) is 84.3 cm³/mol. The molecule has 0 aliphatic carbocycles. The summed E-state index contributed by atoms with van der Waals surface area (Å²) in [4.78, 5) is 0.416. The third kappa shape index (κ3) is 3.22. The van der Waals surface area contributed by atoms with Gasteiger partial charge < -0.3 is 10.1 Å². The number of morpholine rings is 1. The molecular weight excluding hydrogens is 288 g/mol. The lowest BCUT2D eigenvalue weighted by atomic mass is 10.1. The van der Waals surface area contributed by atoms with Gasteiger partial charge in [-0.05, 0) is 51.0 Å². The van der Waals surface area contributed by atoms with E-state index in [0.717, 1.165) is 16.8 Å². The van der Waals surface area contributed by atoms with Crippen molar-refractivity contribution in [3.8, 4) is 0 Å². The first kappa shape index (κ1) is 16.3. The van der Waals surface area contributed by atoms with E-state index in [1.807, 2.05) is 46.9 Å². The quantitative estimate of drug-likeness (QED) is 0.929. The van der Waals surface area contributed by atoms with Crippen LogP contribution in [0.2, 0.25) is 0 Å². The molecule has 1 aromatic rings. The molecule has 118 valence electrons. The second kappa shape index (κ2) is 5.59. The van der Waals surface area contributed by atoms with E-state index in [1.165, 1.54) is 4.31 Å². The van der Waals surface area contributed by atoms with Gasteiger partial charge in [0.05, 0.1) is 17.1 Å². The summed E-state index contributed by atoms with van der Waals surface area (Å²) in [7, 11) is -1.67. The molecule has 1 fully saturated rings. The summed E-state index contributed by atoms with van der Waals surface area (Å²) in [5, 5.41) is 3.05. The molecule has 1 N–H and O–H groups in total. The fraction of sp³-hybridized carbons (Fsp3) is 0.600. The average Bonchev–Trinajstić information content (AvgIpc) is 2.36. The highest BCUT2D eigenvalue weighted by atomic mass is 32.2. The second-order valence-electron chi connectivity index (χ2n) is 6.14. The zero-order valence-corrected chi connectivity index (χ0v) is 14.2. The third-order valence-electron chi connectivity index (χ3n) is 3.74. The molecule has 0 bridgehead atoms. The Morgan fingerprint density at radius 1 is 1.24 bits per heavy atom. The molecule has 2 rings (SSSR count). The summed E-state index contributed by atoms with van der Waals surface area (Å²) < 4.78 is 33.1. The van der Waals surface area contributed by atoms with Gasteiger partial charge in [-0.15, -0.1) is 0 Å². The molecule has 0 radical (unpaired) electrons. The molecule has 1 aliphatic rings. The van der Waals surface area contributed by atoms with Crippen LogP contribution in [0, 0.1) is 13.8 Å². The van der Waals surface area contributed by atoms with Gasteiger partial charge in [-0.3, -0.25) is 0 Å². The summed E-state index contributed by atoms with van der Waals surface area (Å²) >= 11 is 0. The molecule has 6 heteroatoms. The van der Waals surface area contributed by atoms with E-state index in [1.54, 1.807) is 0 Å². The minimum atomic E-state index is -3.49. The van der Waals surface area contributed by atoms with Crippen LogP contribution < -0.4 is 5.32 Å². The molecule has 1 saturated heterocycles. The van der Waals surface area contributed by atoms with Gasteiger partial charge in [-0.1, -0.05) is 0 Å². The van der Waals surface area contributed by atoms with Crippen LogP contribution >= 0.6 is 0 Å². The Balaban J connectivity index is 2.45. The van der Waals surface area contributed by atoms with Crippen LogP contribution in [0.1, 0.15) is 25.0 Å². The molecule has 0 amide bonds. The molecule has 1 aromatic carbocycles. The van der Waals surface area contributed by atoms with Crippen molar-refractivity contribution in [1.82, 2.24) is 4.31 Å². The Morgan fingerprint density at radius 2 is 1.81 bits per heavy atom. The number of sulfonamides is 1. The van der Waals surface area contributed by atoms with E-state index in [9.17, 15) is 8.42 Å². The molecule has 0 saturated carbocycles. The topological polar surface area (TPSA) is 58.6 Å². The van der Waals surface area contributed by atoms with Gasteiger partial charge in [0, 0.05) is 25.8 Å². The zero-order valence-electron chi connectivity index (χ0n) is 13.4. The SMILES string of the molecule is CNc1cc(C)c(S(=O)(=O)N2CCOC(C)(C)C2)c(C)c1. The minimum Gasteiger partial charge on any atom is -0.388 e. The number of aryl methyl sites for hydroxylation is 2. The van der Waals surface area contributed by atoms with Crippen LogP contribution in [0.3, 0.4) is 0 Å². The molecule has 5 nitrogen and oxygen atoms in total. The average molecular weight is 312 g/mol. The van der Waals surface area contributed by atoms with Crippen molar-refractivity contribution >= 4 is 15.7 Å². The van der Waals surface area contributed by atoms with E-state index < -0.39 is 15.6 Å². The maximum Gasteiger partial charge on any atom is 0.243 e. The number of benzene rings is 1. The maximum absolute atomic E-state index is 13.0. The molecule has 1 heterocycles. The smallest absolute Gasteiger partial charge is 0.243 e. The Hall–Kier alpha value is -1.11. The second-order valence-corrected chi connectivity index (χ2v) is 8.01. The lowest BCUT2D eigenvalue weighted by molar-refractivity contribution is -0.0640. The number of nitrogens with zero attached hydrogens (tertiary/aromatic N) is 1. The highest BCUT2D eigenvalue weighted by Gasteiger charge is 2.36. The maximum atomic E-state index is 13.0. The monoisotopic (exact) mass is 312 g/mol. The van der Waals surface area contributed by atoms with Crippen molar-refractivity contribution in [1.29, 1.82) is 0 Å². The van der Waals surface area contributed by atoms with Crippen LogP contribution in [0.15, 0.2) is 17.0 Å². The third-order valence-corrected chi connectivity index (χ3v) is 5.89. The van der Waals surface area contributed by atoms with Gasteiger partial charge in [-0.25, -0.2) is 8.42 Å². The molecule has 0 atom stereocenters. The minimum absolute atomic E-state index is 0.377. The van der Waals surface area contributed by atoms with Gasteiger partial charge in [0.1, 0.15) is 0 Å². The van der Waals surface area contributed by atoms with E-state index in [0.29, 0.717) is 24.6 Å². The fourth-order valence-electron chi connectivity index (χ4n) is 2.81. The number of ether oxygens (including phenoxy) is 1. The van der Waals surface area contributed by atoms with Gasteiger partial charge in [-0.2, -0.15) is 4.31 Å². The Bertz CT molecular complexity index is 615. The van der Waals surface area contributed by atoms with Crippen molar-refractivity contribution < 1.29 is 13.2 Å². The van der Waals surface area contributed by atoms with Crippen LogP contribution in [-0.4, -0.2) is 45.1 Å². The molecule has 0 spiro atoms. The fourth-order valence-corrected chi connectivity index (χ4v) is 4.79. The van der Waals surface area contributed by atoms with E-state index >= 15 is 0 Å². The summed E-state index contributed by atoms with van der Waals surface area (Å²) in [5.74, 6) is 0.